The molecule has 0 aromatic carbocycles. The second-order valence-corrected chi connectivity index (χ2v) is 10.2. The number of rotatable bonds is 0. The second kappa shape index (κ2) is 4.77. The van der Waals surface area contributed by atoms with Crippen molar-refractivity contribution in [1.82, 2.24) is 0 Å². The Morgan fingerprint density at radius 2 is 1.67 bits per heavy atom. The lowest BCUT2D eigenvalue weighted by Crippen LogP contribution is -1.93. The van der Waals surface area contributed by atoms with Crippen LogP contribution in [0.3, 0.4) is 0 Å². The van der Waals surface area contributed by atoms with Crippen LogP contribution in [0.25, 0.3) is 0 Å². The molecule has 0 bridgehead atoms. The predicted molar refractivity (Wildman–Crippen MR) is 59.7 cm³/mol. The third-order valence-electron chi connectivity index (χ3n) is 2.59. The van der Waals surface area contributed by atoms with E-state index in [0.29, 0.717) is 0 Å². The molecule has 1 rings (SSSR count). The van der Waals surface area contributed by atoms with Crippen LogP contribution in [0.15, 0.2) is 0 Å². The highest BCUT2D eigenvalue weighted by atomic mass is 31.2. The minimum absolute atomic E-state index is 0.285. The van der Waals surface area contributed by atoms with Crippen LogP contribution in [0.5, 0.6) is 0 Å². The lowest BCUT2D eigenvalue weighted by Gasteiger charge is -2.10. The standard InChI is InChI=1S/C9H20OP2/c1-11-6-3-4-8-12(2,10)9-5-7-11/h3-9H2,1-2H3/t11-,12+/m0/s1. The summed E-state index contributed by atoms with van der Waals surface area (Å²) in [6.07, 6.45) is 8.54. The van der Waals surface area contributed by atoms with E-state index >= 15 is 0 Å². The van der Waals surface area contributed by atoms with Crippen LogP contribution < -0.4 is 0 Å². The summed E-state index contributed by atoms with van der Waals surface area (Å²) in [6.45, 7) is 4.39. The number of hydrogen-bond acceptors (Lipinski definition) is 1. The predicted octanol–water partition coefficient (Wildman–Crippen LogP) is 3.27. The van der Waals surface area contributed by atoms with E-state index in [4.69, 9.17) is 0 Å². The minimum atomic E-state index is -1.70. The molecule has 1 heterocycles. The minimum Gasteiger partial charge on any atom is -0.324 e. The van der Waals surface area contributed by atoms with Gasteiger partial charge in [0.25, 0.3) is 0 Å². The molecule has 1 aliphatic heterocycles. The summed E-state index contributed by atoms with van der Waals surface area (Å²) in [6, 6.07) is 0. The molecule has 1 nitrogen and oxygen atoms in total. The lowest BCUT2D eigenvalue weighted by atomic mass is 10.4. The first-order valence-corrected chi connectivity index (χ1v) is 9.53. The Bertz CT molecular complexity index is 179. The van der Waals surface area contributed by atoms with E-state index < -0.39 is 7.14 Å². The van der Waals surface area contributed by atoms with Gasteiger partial charge in [0.1, 0.15) is 0 Å². The average molecular weight is 206 g/mol. The van der Waals surface area contributed by atoms with Crippen molar-refractivity contribution in [3.8, 4) is 0 Å². The molecule has 1 aliphatic rings. The van der Waals surface area contributed by atoms with Crippen molar-refractivity contribution in [2.75, 3.05) is 38.0 Å². The van der Waals surface area contributed by atoms with Gasteiger partial charge in [0.05, 0.1) is 7.14 Å². The van der Waals surface area contributed by atoms with Gasteiger partial charge in [-0.05, 0) is 44.9 Å². The monoisotopic (exact) mass is 206 g/mol. The van der Waals surface area contributed by atoms with Gasteiger partial charge in [-0.25, -0.2) is 0 Å². The van der Waals surface area contributed by atoms with Crippen molar-refractivity contribution in [2.24, 2.45) is 0 Å². The van der Waals surface area contributed by atoms with E-state index in [1.54, 1.807) is 0 Å². The van der Waals surface area contributed by atoms with Gasteiger partial charge in [-0.15, -0.1) is 7.92 Å². The van der Waals surface area contributed by atoms with E-state index in [9.17, 15) is 4.57 Å². The maximum atomic E-state index is 11.9. The first kappa shape index (κ1) is 10.7. The SMILES string of the molecule is C[P@@]1CCCC[P@@](C)(=O)CCC1. The molecule has 72 valence electrons. The molecule has 1 saturated heterocycles. The summed E-state index contributed by atoms with van der Waals surface area (Å²) >= 11 is 0. The topological polar surface area (TPSA) is 17.1 Å². The van der Waals surface area contributed by atoms with Gasteiger partial charge in [0.15, 0.2) is 0 Å². The Morgan fingerprint density at radius 3 is 2.42 bits per heavy atom. The normalized spacial score (nSPS) is 39.7. The van der Waals surface area contributed by atoms with E-state index in [1.807, 2.05) is 6.66 Å². The maximum absolute atomic E-state index is 11.9. The molecule has 0 unspecified atom stereocenters. The molecule has 12 heavy (non-hydrogen) atoms. The molecule has 0 spiro atoms. The summed E-state index contributed by atoms with van der Waals surface area (Å²) < 4.78 is 11.9. The third kappa shape index (κ3) is 4.06. The van der Waals surface area contributed by atoms with Crippen molar-refractivity contribution in [1.29, 1.82) is 0 Å². The fraction of sp³-hybridized carbons (Fsp3) is 1.00. The van der Waals surface area contributed by atoms with Crippen LogP contribution in [-0.4, -0.2) is 38.0 Å². The largest absolute Gasteiger partial charge is 0.324 e. The van der Waals surface area contributed by atoms with Crippen LogP contribution >= 0.6 is 15.1 Å². The number of hydrogen-bond donors (Lipinski definition) is 0. The Labute approximate surface area is 77.4 Å². The van der Waals surface area contributed by atoms with E-state index in [2.05, 4.69) is 6.66 Å². The van der Waals surface area contributed by atoms with Gasteiger partial charge < -0.3 is 4.57 Å². The third-order valence-corrected chi connectivity index (χ3v) is 7.28. The van der Waals surface area contributed by atoms with Gasteiger partial charge in [-0.1, -0.05) is 0 Å². The van der Waals surface area contributed by atoms with Crippen molar-refractivity contribution in [3.05, 3.63) is 0 Å². The van der Waals surface area contributed by atoms with Crippen LogP contribution in [0.2, 0.25) is 0 Å². The Balaban J connectivity index is 2.43. The molecular weight excluding hydrogens is 186 g/mol. The average Bonchev–Trinajstić information content (AvgIpc) is 2.02. The molecule has 0 radical (unpaired) electrons. The molecular formula is C9H20OP2. The highest BCUT2D eigenvalue weighted by Crippen LogP contribution is 2.46. The summed E-state index contributed by atoms with van der Waals surface area (Å²) in [7, 11) is -1.42. The first-order chi connectivity index (χ1) is 5.60. The molecule has 0 amide bonds. The summed E-state index contributed by atoms with van der Waals surface area (Å²) in [5.41, 5.74) is 0. The first-order valence-electron chi connectivity index (χ1n) is 4.84. The molecule has 2 atom stereocenters. The van der Waals surface area contributed by atoms with Gasteiger partial charge in [0, 0.05) is 12.3 Å². The molecule has 0 saturated carbocycles. The van der Waals surface area contributed by atoms with Gasteiger partial charge in [0.2, 0.25) is 0 Å². The quantitative estimate of drug-likeness (QED) is 0.556. The van der Waals surface area contributed by atoms with Gasteiger partial charge in [-0.2, -0.15) is 0 Å². The van der Waals surface area contributed by atoms with Gasteiger partial charge >= 0.3 is 0 Å². The van der Waals surface area contributed by atoms with Crippen molar-refractivity contribution < 1.29 is 4.57 Å². The van der Waals surface area contributed by atoms with Crippen LogP contribution in [0.4, 0.5) is 0 Å². The fourth-order valence-electron chi connectivity index (χ4n) is 1.73. The van der Waals surface area contributed by atoms with Crippen LogP contribution in [0.1, 0.15) is 19.3 Å². The molecule has 0 aromatic rings. The van der Waals surface area contributed by atoms with Crippen molar-refractivity contribution in [2.45, 2.75) is 19.3 Å². The van der Waals surface area contributed by atoms with Crippen molar-refractivity contribution in [3.63, 3.8) is 0 Å². The molecule has 0 aliphatic carbocycles. The van der Waals surface area contributed by atoms with Crippen LogP contribution in [0, 0.1) is 0 Å². The van der Waals surface area contributed by atoms with E-state index in [1.165, 1.54) is 31.6 Å². The van der Waals surface area contributed by atoms with Crippen molar-refractivity contribution >= 4 is 15.1 Å². The Kier molecular flexibility index (Phi) is 4.27. The summed E-state index contributed by atoms with van der Waals surface area (Å²) in [5.74, 6) is 0. The molecule has 1 fully saturated rings. The Hall–Kier alpha value is 0.660. The summed E-state index contributed by atoms with van der Waals surface area (Å²) in [4.78, 5) is 0. The Morgan fingerprint density at radius 1 is 1.08 bits per heavy atom. The summed E-state index contributed by atoms with van der Waals surface area (Å²) in [5, 5.41) is 0. The maximum Gasteiger partial charge on any atom is 0.0848 e. The van der Waals surface area contributed by atoms with Crippen LogP contribution in [-0.2, 0) is 4.57 Å². The zero-order valence-electron chi connectivity index (χ0n) is 8.25. The fourth-order valence-corrected chi connectivity index (χ4v) is 5.60. The van der Waals surface area contributed by atoms with E-state index in [-0.39, 0.29) is 7.92 Å². The zero-order valence-corrected chi connectivity index (χ0v) is 10.0. The van der Waals surface area contributed by atoms with E-state index in [0.717, 1.165) is 12.3 Å². The molecule has 3 heteroatoms. The zero-order chi connectivity index (χ0) is 9.03. The van der Waals surface area contributed by atoms with Gasteiger partial charge in [-0.3, -0.25) is 0 Å². The highest BCUT2D eigenvalue weighted by Gasteiger charge is 2.16. The highest BCUT2D eigenvalue weighted by molar-refractivity contribution is 7.63. The molecule has 0 N–H and O–H groups in total. The smallest absolute Gasteiger partial charge is 0.0848 e. The lowest BCUT2D eigenvalue weighted by molar-refractivity contribution is 0.576. The second-order valence-electron chi connectivity index (χ2n) is 4.11. The molecule has 0 aromatic heterocycles.